The SMILES string of the molecule is CCC(C)Nc1nc(Cl)nc2scc(-c3ccc(C)cc3)c12. The molecule has 0 saturated carbocycles. The van der Waals surface area contributed by atoms with Gasteiger partial charge >= 0.3 is 0 Å². The van der Waals surface area contributed by atoms with Crippen LogP contribution in [0.1, 0.15) is 25.8 Å². The number of hydrogen-bond donors (Lipinski definition) is 1. The van der Waals surface area contributed by atoms with Crippen molar-refractivity contribution < 1.29 is 0 Å². The second kappa shape index (κ2) is 6.23. The van der Waals surface area contributed by atoms with Crippen LogP contribution in [0.25, 0.3) is 21.3 Å². The Morgan fingerprint density at radius 3 is 2.64 bits per heavy atom. The second-order valence-electron chi connectivity index (χ2n) is 5.49. The van der Waals surface area contributed by atoms with Crippen LogP contribution in [0.5, 0.6) is 0 Å². The summed E-state index contributed by atoms with van der Waals surface area (Å²) in [6.07, 6.45) is 1.02. The molecule has 0 aliphatic carbocycles. The molecule has 0 aliphatic rings. The maximum atomic E-state index is 6.07. The molecule has 0 aliphatic heterocycles. The molecule has 0 fully saturated rings. The average Bonchev–Trinajstić information content (AvgIpc) is 2.91. The van der Waals surface area contributed by atoms with Crippen LogP contribution in [0, 0.1) is 6.92 Å². The van der Waals surface area contributed by atoms with Crippen LogP contribution in [0.3, 0.4) is 0 Å². The van der Waals surface area contributed by atoms with E-state index >= 15 is 0 Å². The summed E-state index contributed by atoms with van der Waals surface area (Å²) in [4.78, 5) is 9.70. The standard InChI is InChI=1S/C17H18ClN3S/c1-4-11(3)19-15-14-13(12-7-5-10(2)6-8-12)9-22-16(14)21-17(18)20-15/h5-9,11H,4H2,1-3H3,(H,19,20,21). The van der Waals surface area contributed by atoms with Crippen LogP contribution in [0.4, 0.5) is 5.82 Å². The van der Waals surface area contributed by atoms with E-state index in [9.17, 15) is 0 Å². The van der Waals surface area contributed by atoms with Crippen LogP contribution in [-0.4, -0.2) is 16.0 Å². The third-order valence-electron chi connectivity index (χ3n) is 3.76. The van der Waals surface area contributed by atoms with E-state index in [1.807, 2.05) is 0 Å². The highest BCUT2D eigenvalue weighted by molar-refractivity contribution is 7.17. The fraction of sp³-hybridized carbons (Fsp3) is 0.294. The van der Waals surface area contributed by atoms with Crippen molar-refractivity contribution in [3.8, 4) is 11.1 Å². The van der Waals surface area contributed by atoms with E-state index in [0.29, 0.717) is 6.04 Å². The Morgan fingerprint density at radius 2 is 1.95 bits per heavy atom. The van der Waals surface area contributed by atoms with Gasteiger partial charge in [-0.2, -0.15) is 0 Å². The van der Waals surface area contributed by atoms with Crippen LogP contribution < -0.4 is 5.32 Å². The van der Waals surface area contributed by atoms with Gasteiger partial charge in [0.1, 0.15) is 10.6 Å². The van der Waals surface area contributed by atoms with Gasteiger partial charge in [0, 0.05) is 17.0 Å². The minimum atomic E-state index is 0.288. The molecule has 3 aromatic rings. The predicted molar refractivity (Wildman–Crippen MR) is 96.0 cm³/mol. The maximum absolute atomic E-state index is 6.07. The van der Waals surface area contributed by atoms with Crippen molar-refractivity contribution >= 4 is 39.0 Å². The lowest BCUT2D eigenvalue weighted by atomic mass is 10.0. The summed E-state index contributed by atoms with van der Waals surface area (Å²) in [5.41, 5.74) is 3.58. The van der Waals surface area contributed by atoms with Gasteiger partial charge in [0.2, 0.25) is 5.28 Å². The van der Waals surface area contributed by atoms with E-state index in [1.54, 1.807) is 11.3 Å². The van der Waals surface area contributed by atoms with Crippen LogP contribution in [0.2, 0.25) is 5.28 Å². The molecule has 5 heteroatoms. The number of benzene rings is 1. The first-order valence-corrected chi connectivity index (χ1v) is 8.62. The molecule has 114 valence electrons. The number of anilines is 1. The Morgan fingerprint density at radius 1 is 1.23 bits per heavy atom. The van der Waals surface area contributed by atoms with E-state index in [-0.39, 0.29) is 5.28 Å². The third kappa shape index (κ3) is 2.94. The fourth-order valence-corrected chi connectivity index (χ4v) is 3.47. The number of fused-ring (bicyclic) bond motifs is 1. The smallest absolute Gasteiger partial charge is 0.225 e. The third-order valence-corrected chi connectivity index (χ3v) is 4.81. The van der Waals surface area contributed by atoms with E-state index in [0.717, 1.165) is 28.0 Å². The Bertz CT molecular complexity index is 796. The molecular formula is C17H18ClN3S. The molecule has 2 aromatic heterocycles. The predicted octanol–water partition coefficient (Wildman–Crippen LogP) is 5.53. The number of nitrogens with one attached hydrogen (secondary N) is 1. The lowest BCUT2D eigenvalue weighted by Crippen LogP contribution is -2.15. The first-order valence-electron chi connectivity index (χ1n) is 7.36. The van der Waals surface area contributed by atoms with Gasteiger partial charge in [-0.05, 0) is 37.4 Å². The molecule has 2 heterocycles. The van der Waals surface area contributed by atoms with Gasteiger partial charge in [-0.3, -0.25) is 0 Å². The summed E-state index contributed by atoms with van der Waals surface area (Å²) in [6.45, 7) is 6.38. The quantitative estimate of drug-likeness (QED) is 0.639. The number of nitrogens with zero attached hydrogens (tertiary/aromatic N) is 2. The number of aryl methyl sites for hydroxylation is 1. The van der Waals surface area contributed by atoms with E-state index < -0.39 is 0 Å². The molecular weight excluding hydrogens is 314 g/mol. The van der Waals surface area contributed by atoms with Crippen molar-refractivity contribution in [3.63, 3.8) is 0 Å². The van der Waals surface area contributed by atoms with Crippen LogP contribution >= 0.6 is 22.9 Å². The summed E-state index contributed by atoms with van der Waals surface area (Å²) >= 11 is 7.67. The maximum Gasteiger partial charge on any atom is 0.225 e. The first-order chi connectivity index (χ1) is 10.6. The van der Waals surface area contributed by atoms with Gasteiger partial charge in [0.15, 0.2) is 0 Å². The molecule has 0 saturated heterocycles. The number of thiophene rings is 1. The Hall–Kier alpha value is -1.65. The van der Waals surface area contributed by atoms with E-state index in [1.165, 1.54) is 11.1 Å². The van der Waals surface area contributed by atoms with Crippen LogP contribution in [0.15, 0.2) is 29.6 Å². The molecule has 0 spiro atoms. The van der Waals surface area contributed by atoms with Crippen molar-refractivity contribution in [2.45, 2.75) is 33.2 Å². The Balaban J connectivity index is 2.17. The number of rotatable bonds is 4. The fourth-order valence-electron chi connectivity index (χ4n) is 2.30. The lowest BCUT2D eigenvalue weighted by molar-refractivity contribution is 0.760. The molecule has 22 heavy (non-hydrogen) atoms. The van der Waals surface area contributed by atoms with Gasteiger partial charge in [0.05, 0.1) is 5.39 Å². The number of hydrogen-bond acceptors (Lipinski definition) is 4. The zero-order chi connectivity index (χ0) is 15.7. The molecule has 1 aromatic carbocycles. The summed E-state index contributed by atoms with van der Waals surface area (Å²) in [6, 6.07) is 8.85. The van der Waals surface area contributed by atoms with E-state index in [4.69, 9.17) is 11.6 Å². The first kappa shape index (κ1) is 15.3. The molecule has 0 amide bonds. The Kier molecular flexibility index (Phi) is 4.32. The van der Waals surface area contributed by atoms with Crippen molar-refractivity contribution in [1.29, 1.82) is 0 Å². The zero-order valence-electron chi connectivity index (χ0n) is 12.9. The van der Waals surface area contributed by atoms with Gasteiger partial charge < -0.3 is 5.32 Å². The molecule has 1 unspecified atom stereocenters. The second-order valence-corrected chi connectivity index (χ2v) is 6.69. The number of aromatic nitrogens is 2. The van der Waals surface area contributed by atoms with Gasteiger partial charge in [0.25, 0.3) is 0 Å². The largest absolute Gasteiger partial charge is 0.367 e. The van der Waals surface area contributed by atoms with Gasteiger partial charge in [-0.1, -0.05) is 36.8 Å². The van der Waals surface area contributed by atoms with Crippen molar-refractivity contribution in [3.05, 3.63) is 40.5 Å². The lowest BCUT2D eigenvalue weighted by Gasteiger charge is -2.14. The van der Waals surface area contributed by atoms with Gasteiger partial charge in [-0.25, -0.2) is 9.97 Å². The average molecular weight is 332 g/mol. The highest BCUT2D eigenvalue weighted by atomic mass is 35.5. The topological polar surface area (TPSA) is 37.8 Å². The normalized spacial score (nSPS) is 12.5. The summed E-state index contributed by atoms with van der Waals surface area (Å²) in [7, 11) is 0. The van der Waals surface area contributed by atoms with E-state index in [2.05, 4.69) is 65.7 Å². The summed E-state index contributed by atoms with van der Waals surface area (Å²) in [5.74, 6) is 0.821. The minimum Gasteiger partial charge on any atom is -0.367 e. The Labute approximate surface area is 139 Å². The molecule has 3 nitrogen and oxygen atoms in total. The molecule has 0 bridgehead atoms. The zero-order valence-corrected chi connectivity index (χ0v) is 14.4. The summed E-state index contributed by atoms with van der Waals surface area (Å²) < 4.78 is 0. The minimum absolute atomic E-state index is 0.288. The van der Waals surface area contributed by atoms with Crippen molar-refractivity contribution in [1.82, 2.24) is 9.97 Å². The van der Waals surface area contributed by atoms with Gasteiger partial charge in [-0.15, -0.1) is 11.3 Å². The molecule has 1 atom stereocenters. The highest BCUT2D eigenvalue weighted by Crippen LogP contribution is 2.37. The van der Waals surface area contributed by atoms with Crippen molar-refractivity contribution in [2.75, 3.05) is 5.32 Å². The number of halogens is 1. The monoisotopic (exact) mass is 331 g/mol. The summed E-state index contributed by atoms with van der Waals surface area (Å²) in [5, 5.41) is 6.92. The molecule has 3 rings (SSSR count). The molecule has 1 N–H and O–H groups in total. The highest BCUT2D eigenvalue weighted by Gasteiger charge is 2.15. The molecule has 0 radical (unpaired) electrons. The van der Waals surface area contributed by atoms with Crippen LogP contribution in [-0.2, 0) is 0 Å². The van der Waals surface area contributed by atoms with Crippen molar-refractivity contribution in [2.24, 2.45) is 0 Å².